The van der Waals surface area contributed by atoms with Gasteiger partial charge in [0.1, 0.15) is 13.2 Å². The topological polar surface area (TPSA) is 51.7 Å². The number of thiazole rings is 1. The molecule has 1 heterocycles. The fourth-order valence-corrected chi connectivity index (χ4v) is 15.5. The van der Waals surface area contributed by atoms with E-state index in [0.29, 0.717) is 0 Å². The average Bonchev–Trinajstić information content (AvgIpc) is 2.90. The molecule has 0 radical (unpaired) electrons. The molecule has 0 spiro atoms. The normalized spacial score (nSPS) is 15.4. The molecule has 1 rings (SSSR count). The summed E-state index contributed by atoms with van der Waals surface area (Å²) >= 11 is 1.56. The van der Waals surface area contributed by atoms with Crippen molar-refractivity contribution in [1.29, 1.82) is 0 Å². The summed E-state index contributed by atoms with van der Waals surface area (Å²) in [5.74, 6) is -0.408. The van der Waals surface area contributed by atoms with Crippen molar-refractivity contribution in [3.05, 3.63) is 16.6 Å². The van der Waals surface area contributed by atoms with Gasteiger partial charge in [-0.2, -0.15) is 0 Å². The van der Waals surface area contributed by atoms with E-state index in [4.69, 9.17) is 8.43 Å². The third kappa shape index (κ3) is 8.34. The molecule has 0 N–H and O–H groups in total. The van der Waals surface area contributed by atoms with E-state index in [9.17, 15) is 4.57 Å². The van der Waals surface area contributed by atoms with Gasteiger partial charge in [0.25, 0.3) is 0 Å². The van der Waals surface area contributed by atoms with E-state index >= 15 is 0 Å². The minimum absolute atomic E-state index is 0.408. The second kappa shape index (κ2) is 9.47. The van der Waals surface area contributed by atoms with Crippen molar-refractivity contribution >= 4 is 43.8 Å². The van der Waals surface area contributed by atoms with Crippen molar-refractivity contribution in [1.82, 2.24) is 9.55 Å². The first-order chi connectivity index (χ1) is 12.1. The van der Waals surface area contributed by atoms with E-state index in [-0.39, 0.29) is 0 Å². The predicted octanol–water partition coefficient (Wildman–Crippen LogP) is 6.97. The molecular weight excluding hydrogens is 427 g/mol. The molecule has 0 fully saturated rings. The molecule has 1 atom stereocenters. The van der Waals surface area contributed by atoms with E-state index in [1.54, 1.807) is 17.5 Å². The highest BCUT2D eigenvalue weighted by Crippen LogP contribution is 2.66. The fourth-order valence-electron chi connectivity index (χ4n) is 2.84. The van der Waals surface area contributed by atoms with E-state index < -0.39 is 38.2 Å². The second-order valence-electron chi connectivity index (χ2n) is 9.91. The lowest BCUT2D eigenvalue weighted by Crippen LogP contribution is -2.49. The third-order valence-corrected chi connectivity index (χ3v) is 14.6. The molecule has 1 aromatic heterocycles. The van der Waals surface area contributed by atoms with Gasteiger partial charge in [0.15, 0.2) is 22.4 Å². The third-order valence-electron chi connectivity index (χ3n) is 3.68. The van der Waals surface area contributed by atoms with E-state index in [0.717, 1.165) is 24.4 Å². The Morgan fingerprint density at radius 3 is 1.93 bits per heavy atom. The monoisotopic (exact) mass is 466 g/mol. The van der Waals surface area contributed by atoms with Crippen molar-refractivity contribution in [2.24, 2.45) is 0 Å². The van der Waals surface area contributed by atoms with Gasteiger partial charge in [-0.15, -0.1) is 11.3 Å². The molecule has 0 amide bonds. The van der Waals surface area contributed by atoms with Crippen LogP contribution in [0.2, 0.25) is 58.9 Å². The Balaban J connectivity index is 3.58. The van der Waals surface area contributed by atoms with Gasteiger partial charge in [0, 0.05) is 11.6 Å². The van der Waals surface area contributed by atoms with E-state index in [1.807, 2.05) is 5.38 Å². The van der Waals surface area contributed by atoms with Crippen LogP contribution in [0, 0.1) is 0 Å². The largest absolute Gasteiger partial charge is 0.350 e. The summed E-state index contributed by atoms with van der Waals surface area (Å²) in [6, 6.07) is 0. The number of nitrogens with zero attached hydrogens (tertiary/aromatic N) is 2. The molecule has 10 heteroatoms. The minimum Gasteiger partial charge on any atom is -0.350 e. The molecule has 1 aromatic rings. The van der Waals surface area contributed by atoms with Gasteiger partial charge >= 0.3 is 7.60 Å². The van der Waals surface area contributed by atoms with Gasteiger partial charge in [0.05, 0.1) is 0 Å². The van der Waals surface area contributed by atoms with Crippen molar-refractivity contribution in [3.8, 4) is 0 Å². The van der Waals surface area contributed by atoms with Crippen LogP contribution in [0.1, 0.15) is 30.6 Å². The molecule has 0 aliphatic heterocycles. The number of unbranched alkanes of at least 4 members (excludes halogenated alkanes) is 1. The van der Waals surface area contributed by atoms with Crippen LogP contribution in [-0.4, -0.2) is 41.0 Å². The number of rotatable bonds is 11. The number of hydrogen-bond donors (Lipinski definition) is 0. The summed E-state index contributed by atoms with van der Waals surface area (Å²) < 4.78 is 29.7. The molecular formula is C17H39N2O3PSSi3. The zero-order valence-corrected chi connectivity index (χ0v) is 23.5. The highest BCUT2D eigenvalue weighted by molar-refractivity contribution is 7.57. The van der Waals surface area contributed by atoms with Crippen LogP contribution in [0.25, 0.3) is 0 Å². The summed E-state index contributed by atoms with van der Waals surface area (Å²) in [6.45, 7) is 22.5. The maximum absolute atomic E-state index is 14.5. The highest BCUT2D eigenvalue weighted by atomic mass is 32.1. The molecule has 0 aliphatic carbocycles. The van der Waals surface area contributed by atoms with Crippen molar-refractivity contribution in [2.45, 2.75) is 84.5 Å². The van der Waals surface area contributed by atoms with Gasteiger partial charge in [-0.25, -0.2) is 4.98 Å². The molecule has 158 valence electrons. The molecule has 0 saturated heterocycles. The zero-order chi connectivity index (χ0) is 21.1. The van der Waals surface area contributed by atoms with Crippen LogP contribution in [-0.2, 0) is 13.0 Å². The molecule has 0 saturated carbocycles. The van der Waals surface area contributed by atoms with Gasteiger partial charge in [-0.1, -0.05) is 33.0 Å². The van der Waals surface area contributed by atoms with Crippen molar-refractivity contribution < 1.29 is 13.0 Å². The van der Waals surface area contributed by atoms with Crippen LogP contribution >= 0.6 is 18.9 Å². The number of aromatic nitrogens is 1. The summed E-state index contributed by atoms with van der Waals surface area (Å²) in [6.07, 6.45) is 3.95. The Morgan fingerprint density at radius 2 is 1.59 bits per heavy atom. The molecule has 5 nitrogen and oxygen atoms in total. The smallest absolute Gasteiger partial charge is 0.334 e. The van der Waals surface area contributed by atoms with E-state index in [1.165, 1.54) is 0 Å². The van der Waals surface area contributed by atoms with E-state index in [2.05, 4.69) is 75.4 Å². The van der Waals surface area contributed by atoms with Crippen LogP contribution in [0.15, 0.2) is 11.6 Å². The first-order valence-corrected chi connectivity index (χ1v) is 22.5. The van der Waals surface area contributed by atoms with Gasteiger partial charge < -0.3 is 13.0 Å². The highest BCUT2D eigenvalue weighted by Gasteiger charge is 2.50. The SMILES string of the molecule is CCCCN(C(c1nccs1)P(=O)(O[Si](C)(C)C)O[Si](C)(C)C)[Si](C)(C)C. The van der Waals surface area contributed by atoms with Gasteiger partial charge in [-0.05, 0) is 52.2 Å². The Kier molecular flexibility index (Phi) is 8.92. The quantitative estimate of drug-likeness (QED) is 0.260. The second-order valence-corrected chi connectivity index (χ2v) is 27.2. The van der Waals surface area contributed by atoms with Crippen LogP contribution in [0.4, 0.5) is 0 Å². The summed E-state index contributed by atoms with van der Waals surface area (Å²) in [7, 11) is -9.44. The molecule has 1 unspecified atom stereocenters. The summed E-state index contributed by atoms with van der Waals surface area (Å²) in [5.41, 5.74) is 0. The summed E-state index contributed by atoms with van der Waals surface area (Å²) in [4.78, 5) is 4.58. The maximum atomic E-state index is 14.5. The molecule has 0 aromatic carbocycles. The van der Waals surface area contributed by atoms with Crippen LogP contribution < -0.4 is 0 Å². The first-order valence-electron chi connectivity index (χ1n) is 9.76. The lowest BCUT2D eigenvalue weighted by atomic mass is 10.3. The Bertz CT molecular complexity index is 605. The maximum Gasteiger partial charge on any atom is 0.334 e. The lowest BCUT2D eigenvalue weighted by Gasteiger charge is -2.44. The lowest BCUT2D eigenvalue weighted by molar-refractivity contribution is 0.301. The molecule has 27 heavy (non-hydrogen) atoms. The Labute approximate surface area is 173 Å². The Morgan fingerprint density at radius 1 is 1.07 bits per heavy atom. The average molecular weight is 467 g/mol. The summed E-state index contributed by atoms with van der Waals surface area (Å²) in [5, 5.41) is 2.81. The predicted molar refractivity (Wildman–Crippen MR) is 126 cm³/mol. The van der Waals surface area contributed by atoms with Gasteiger partial charge in [0.2, 0.25) is 0 Å². The standard InChI is InChI=1S/C17H39N2O3PSSi3/c1-11-12-14-19(25(2,3)4)17(16-18-13-15-24-16)23(20,21-26(5,6)7)22-27(8,9)10/h13,15,17H,11-12,14H2,1-10H3. The minimum atomic E-state index is -3.42. The van der Waals surface area contributed by atoms with Crippen molar-refractivity contribution in [2.75, 3.05) is 6.54 Å². The fraction of sp³-hybridized carbons (Fsp3) is 0.824. The number of hydrogen-bond acceptors (Lipinski definition) is 6. The molecule has 0 aliphatic rings. The van der Waals surface area contributed by atoms with Crippen molar-refractivity contribution in [3.63, 3.8) is 0 Å². The van der Waals surface area contributed by atoms with Crippen LogP contribution in [0.5, 0.6) is 0 Å². The van der Waals surface area contributed by atoms with Gasteiger partial charge in [-0.3, -0.25) is 4.57 Å². The first kappa shape index (κ1) is 25.4. The molecule has 0 bridgehead atoms. The van der Waals surface area contributed by atoms with Crippen LogP contribution in [0.3, 0.4) is 0 Å². The zero-order valence-electron chi connectivity index (χ0n) is 18.8. The Hall–Kier alpha value is 0.391.